The molecule has 1 aromatic heterocycles. The van der Waals surface area contributed by atoms with Crippen molar-refractivity contribution in [3.63, 3.8) is 0 Å². The average Bonchev–Trinajstić information content (AvgIpc) is 2.60. The lowest BCUT2D eigenvalue weighted by molar-refractivity contribution is 0.327. The number of likely N-dealkylation sites (N-methyl/N-ethyl adjacent to an activating group) is 1. The lowest BCUT2D eigenvalue weighted by atomic mass is 10.1. The molecule has 1 aromatic rings. The van der Waals surface area contributed by atoms with Gasteiger partial charge in [0.25, 0.3) is 0 Å². The van der Waals surface area contributed by atoms with Crippen molar-refractivity contribution in [3.05, 3.63) is 17.8 Å². The number of hydrogen-bond donors (Lipinski definition) is 0. The van der Waals surface area contributed by atoms with E-state index in [2.05, 4.69) is 40.0 Å². The molecule has 5 heteroatoms. The zero-order chi connectivity index (χ0) is 13.0. The molecule has 1 saturated heterocycles. The van der Waals surface area contributed by atoms with Crippen LogP contribution in [0.2, 0.25) is 0 Å². The fourth-order valence-electron chi connectivity index (χ4n) is 2.50. The second kappa shape index (κ2) is 5.78. The van der Waals surface area contributed by atoms with Crippen molar-refractivity contribution in [2.75, 3.05) is 31.6 Å². The Morgan fingerprint density at radius 2 is 2.33 bits per heavy atom. The van der Waals surface area contributed by atoms with Gasteiger partial charge in [-0.15, -0.1) is 5.10 Å². The Hall–Kier alpha value is -1.67. The number of hydrogen-bond acceptors (Lipinski definition) is 5. The average molecular weight is 245 g/mol. The van der Waals surface area contributed by atoms with Gasteiger partial charge in [-0.2, -0.15) is 10.4 Å². The van der Waals surface area contributed by atoms with Crippen molar-refractivity contribution in [2.24, 2.45) is 0 Å². The molecule has 0 aromatic carbocycles. The van der Waals surface area contributed by atoms with Crippen LogP contribution in [0.3, 0.4) is 0 Å². The maximum absolute atomic E-state index is 9.18. The van der Waals surface area contributed by atoms with Crippen LogP contribution < -0.4 is 4.90 Å². The quantitative estimate of drug-likeness (QED) is 0.785. The first-order valence-electron chi connectivity index (χ1n) is 6.43. The van der Waals surface area contributed by atoms with Gasteiger partial charge in [-0.1, -0.05) is 6.92 Å². The van der Waals surface area contributed by atoms with E-state index in [-0.39, 0.29) is 0 Å². The third-order valence-corrected chi connectivity index (χ3v) is 3.47. The molecule has 1 aliphatic heterocycles. The topological polar surface area (TPSA) is 56.1 Å². The molecule has 1 fully saturated rings. The predicted molar refractivity (Wildman–Crippen MR) is 70.3 cm³/mol. The molecule has 0 aliphatic carbocycles. The number of rotatable bonds is 2. The molecule has 5 nitrogen and oxygen atoms in total. The van der Waals surface area contributed by atoms with Crippen LogP contribution in [0.5, 0.6) is 0 Å². The van der Waals surface area contributed by atoms with E-state index in [4.69, 9.17) is 0 Å². The Balaban J connectivity index is 2.32. The fraction of sp³-hybridized carbons (Fsp3) is 0.615. The zero-order valence-electron chi connectivity index (χ0n) is 11.0. The lowest BCUT2D eigenvalue weighted by Gasteiger charge is -2.31. The van der Waals surface area contributed by atoms with E-state index in [1.165, 1.54) is 0 Å². The van der Waals surface area contributed by atoms with E-state index >= 15 is 0 Å². The first kappa shape index (κ1) is 12.8. The van der Waals surface area contributed by atoms with Crippen LogP contribution in [0.15, 0.2) is 12.3 Å². The first-order chi connectivity index (χ1) is 8.76. The SMILES string of the molecule is CCC1CN(C)CCCN1c1nnccc1C#N. The second-order valence-corrected chi connectivity index (χ2v) is 4.75. The van der Waals surface area contributed by atoms with Crippen LogP contribution in [-0.4, -0.2) is 47.8 Å². The lowest BCUT2D eigenvalue weighted by Crippen LogP contribution is -2.40. The Morgan fingerprint density at radius 1 is 1.50 bits per heavy atom. The minimum Gasteiger partial charge on any atom is -0.350 e. The summed E-state index contributed by atoms with van der Waals surface area (Å²) in [6.45, 7) is 5.22. The molecule has 0 bridgehead atoms. The van der Waals surface area contributed by atoms with E-state index in [9.17, 15) is 5.26 Å². The van der Waals surface area contributed by atoms with Crippen LogP contribution in [0.1, 0.15) is 25.3 Å². The van der Waals surface area contributed by atoms with Gasteiger partial charge in [0, 0.05) is 19.1 Å². The largest absolute Gasteiger partial charge is 0.350 e. The molecule has 0 saturated carbocycles. The summed E-state index contributed by atoms with van der Waals surface area (Å²) in [7, 11) is 2.15. The molecule has 0 radical (unpaired) electrons. The summed E-state index contributed by atoms with van der Waals surface area (Å²) in [6, 6.07) is 4.36. The summed E-state index contributed by atoms with van der Waals surface area (Å²) in [4.78, 5) is 4.59. The predicted octanol–water partition coefficient (Wildman–Crippen LogP) is 1.27. The molecule has 0 amide bonds. The van der Waals surface area contributed by atoms with Crippen molar-refractivity contribution in [1.29, 1.82) is 5.26 Å². The van der Waals surface area contributed by atoms with Crippen LogP contribution in [-0.2, 0) is 0 Å². The maximum Gasteiger partial charge on any atom is 0.169 e. The molecular weight excluding hydrogens is 226 g/mol. The first-order valence-corrected chi connectivity index (χ1v) is 6.43. The second-order valence-electron chi connectivity index (χ2n) is 4.75. The van der Waals surface area contributed by atoms with E-state index < -0.39 is 0 Å². The molecule has 2 rings (SSSR count). The summed E-state index contributed by atoms with van der Waals surface area (Å²) in [6.07, 6.45) is 3.72. The van der Waals surface area contributed by atoms with Gasteiger partial charge in [0.05, 0.1) is 11.8 Å². The van der Waals surface area contributed by atoms with E-state index in [1.54, 1.807) is 12.3 Å². The van der Waals surface area contributed by atoms with Crippen LogP contribution in [0, 0.1) is 11.3 Å². The standard InChI is InChI=1S/C13H19N5/c1-3-12-10-17(2)7-4-8-18(12)13-11(9-14)5-6-15-16-13/h5-6,12H,3-4,7-8,10H2,1-2H3. The summed E-state index contributed by atoms with van der Waals surface area (Å²) in [5, 5.41) is 17.3. The monoisotopic (exact) mass is 245 g/mol. The molecular formula is C13H19N5. The molecule has 1 aliphatic rings. The highest BCUT2D eigenvalue weighted by atomic mass is 15.3. The van der Waals surface area contributed by atoms with Gasteiger partial charge < -0.3 is 9.80 Å². The van der Waals surface area contributed by atoms with Gasteiger partial charge in [0.2, 0.25) is 0 Å². The normalized spacial score (nSPS) is 21.4. The molecule has 0 N–H and O–H groups in total. The van der Waals surface area contributed by atoms with Gasteiger partial charge in [0.15, 0.2) is 5.82 Å². The maximum atomic E-state index is 9.18. The Labute approximate surface area is 108 Å². The molecule has 1 unspecified atom stereocenters. The van der Waals surface area contributed by atoms with Gasteiger partial charge >= 0.3 is 0 Å². The zero-order valence-corrected chi connectivity index (χ0v) is 11.0. The van der Waals surface area contributed by atoms with Crippen LogP contribution in [0.4, 0.5) is 5.82 Å². The minimum atomic E-state index is 0.404. The van der Waals surface area contributed by atoms with Crippen molar-refractivity contribution in [2.45, 2.75) is 25.8 Å². The highest BCUT2D eigenvalue weighted by molar-refractivity contribution is 5.53. The fourth-order valence-corrected chi connectivity index (χ4v) is 2.50. The number of nitriles is 1. The van der Waals surface area contributed by atoms with Gasteiger partial charge in [-0.25, -0.2) is 0 Å². The van der Waals surface area contributed by atoms with Crippen molar-refractivity contribution < 1.29 is 0 Å². The minimum absolute atomic E-state index is 0.404. The summed E-state index contributed by atoms with van der Waals surface area (Å²) < 4.78 is 0. The Morgan fingerprint density at radius 3 is 3.06 bits per heavy atom. The van der Waals surface area contributed by atoms with Gasteiger partial charge in [0.1, 0.15) is 6.07 Å². The summed E-state index contributed by atoms with van der Waals surface area (Å²) in [5.74, 6) is 0.738. The third kappa shape index (κ3) is 2.59. The highest BCUT2D eigenvalue weighted by Gasteiger charge is 2.25. The Kier molecular flexibility index (Phi) is 4.11. The summed E-state index contributed by atoms with van der Waals surface area (Å²) >= 11 is 0. The van der Waals surface area contributed by atoms with Crippen LogP contribution in [0.25, 0.3) is 0 Å². The molecule has 2 heterocycles. The van der Waals surface area contributed by atoms with Crippen molar-refractivity contribution in [1.82, 2.24) is 15.1 Å². The van der Waals surface area contributed by atoms with Crippen molar-refractivity contribution in [3.8, 4) is 6.07 Å². The van der Waals surface area contributed by atoms with Crippen LogP contribution >= 0.6 is 0 Å². The number of anilines is 1. The molecule has 96 valence electrons. The smallest absolute Gasteiger partial charge is 0.169 e. The Bertz CT molecular complexity index is 439. The molecule has 0 spiro atoms. The number of aromatic nitrogens is 2. The van der Waals surface area contributed by atoms with Gasteiger partial charge in [-0.05, 0) is 32.5 Å². The van der Waals surface area contributed by atoms with E-state index in [1.807, 2.05) is 0 Å². The highest BCUT2D eigenvalue weighted by Crippen LogP contribution is 2.22. The molecule has 18 heavy (non-hydrogen) atoms. The van der Waals surface area contributed by atoms with E-state index in [0.717, 1.165) is 38.3 Å². The third-order valence-electron chi connectivity index (χ3n) is 3.47. The van der Waals surface area contributed by atoms with E-state index in [0.29, 0.717) is 11.6 Å². The summed E-state index contributed by atoms with van der Waals surface area (Å²) in [5.41, 5.74) is 0.619. The molecule has 1 atom stereocenters. The van der Waals surface area contributed by atoms with Crippen molar-refractivity contribution >= 4 is 5.82 Å². The van der Waals surface area contributed by atoms with Gasteiger partial charge in [-0.3, -0.25) is 0 Å². The number of nitrogens with zero attached hydrogens (tertiary/aromatic N) is 5.